The molecule has 0 radical (unpaired) electrons. The van der Waals surface area contributed by atoms with E-state index in [1.807, 2.05) is 26.0 Å². The van der Waals surface area contributed by atoms with Gasteiger partial charge in [0.1, 0.15) is 11.5 Å². The molecule has 0 saturated carbocycles. The van der Waals surface area contributed by atoms with Gasteiger partial charge < -0.3 is 19.4 Å². The molecule has 5 nitrogen and oxygen atoms in total. The lowest BCUT2D eigenvalue weighted by Crippen LogP contribution is -2.26. The summed E-state index contributed by atoms with van der Waals surface area (Å²) < 4.78 is 24.3. The van der Waals surface area contributed by atoms with E-state index in [-0.39, 0.29) is 11.7 Å². The lowest BCUT2D eigenvalue weighted by molar-refractivity contribution is 0.0780. The SMILES string of the molecule is COc1cc(C)c(CN(C)C(=O)c2cc3c(C)cc(F)cc3[nH]2)cc1OC. The largest absolute Gasteiger partial charge is 0.493 e. The second kappa shape index (κ2) is 7.31. The van der Waals surface area contributed by atoms with Crippen molar-refractivity contribution in [2.75, 3.05) is 21.3 Å². The maximum Gasteiger partial charge on any atom is 0.270 e. The van der Waals surface area contributed by atoms with E-state index in [1.165, 1.54) is 12.1 Å². The quantitative estimate of drug-likeness (QED) is 0.732. The summed E-state index contributed by atoms with van der Waals surface area (Å²) in [6, 6.07) is 8.40. The van der Waals surface area contributed by atoms with Gasteiger partial charge in [-0.05, 0) is 60.9 Å². The van der Waals surface area contributed by atoms with Crippen molar-refractivity contribution in [1.29, 1.82) is 0 Å². The Morgan fingerprint density at radius 2 is 1.70 bits per heavy atom. The molecule has 1 heterocycles. The minimum atomic E-state index is -0.324. The van der Waals surface area contributed by atoms with Crippen molar-refractivity contribution in [3.05, 3.63) is 58.5 Å². The fourth-order valence-corrected chi connectivity index (χ4v) is 3.22. The zero-order chi connectivity index (χ0) is 19.7. The first kappa shape index (κ1) is 18.8. The second-order valence-electron chi connectivity index (χ2n) is 6.66. The molecular weight excluding hydrogens is 347 g/mol. The van der Waals surface area contributed by atoms with Crippen LogP contribution in [0.3, 0.4) is 0 Å². The van der Waals surface area contributed by atoms with Crippen molar-refractivity contribution in [3.8, 4) is 11.5 Å². The summed E-state index contributed by atoms with van der Waals surface area (Å²) in [5.41, 5.74) is 3.80. The Hall–Kier alpha value is -3.02. The normalized spacial score (nSPS) is 10.9. The Balaban J connectivity index is 1.87. The van der Waals surface area contributed by atoms with Crippen molar-refractivity contribution >= 4 is 16.8 Å². The minimum absolute atomic E-state index is 0.166. The molecular formula is C21H23FN2O3. The molecule has 1 N–H and O–H groups in total. The van der Waals surface area contributed by atoms with Crippen LogP contribution < -0.4 is 9.47 Å². The first-order chi connectivity index (χ1) is 12.8. The fraction of sp³-hybridized carbons (Fsp3) is 0.286. The summed E-state index contributed by atoms with van der Waals surface area (Å²) >= 11 is 0. The summed E-state index contributed by atoms with van der Waals surface area (Å²) in [6.45, 7) is 4.20. The van der Waals surface area contributed by atoms with E-state index in [0.717, 1.165) is 22.1 Å². The zero-order valence-electron chi connectivity index (χ0n) is 16.1. The number of benzene rings is 2. The van der Waals surface area contributed by atoms with Crippen LogP contribution in [0.15, 0.2) is 30.3 Å². The van der Waals surface area contributed by atoms with Crippen molar-refractivity contribution in [1.82, 2.24) is 9.88 Å². The number of methoxy groups -OCH3 is 2. The molecule has 3 aromatic rings. The number of carbonyl (C=O) groups excluding carboxylic acids is 1. The van der Waals surface area contributed by atoms with Gasteiger partial charge in [0.15, 0.2) is 11.5 Å². The number of aromatic amines is 1. The summed E-state index contributed by atoms with van der Waals surface area (Å²) in [5, 5.41) is 0.843. The standard InChI is InChI=1S/C21H23FN2O3/c1-12-7-19(26-4)20(27-5)8-14(12)11-24(3)21(25)18-10-16-13(2)6-15(22)9-17(16)23-18/h6-10,23H,11H2,1-5H3. The monoisotopic (exact) mass is 370 g/mol. The Labute approximate surface area is 157 Å². The van der Waals surface area contributed by atoms with E-state index in [2.05, 4.69) is 4.98 Å². The number of H-pyrrole nitrogens is 1. The van der Waals surface area contributed by atoms with Crippen LogP contribution in [-0.4, -0.2) is 37.1 Å². The summed E-state index contributed by atoms with van der Waals surface area (Å²) in [5.74, 6) is 0.784. The lowest BCUT2D eigenvalue weighted by atomic mass is 10.1. The summed E-state index contributed by atoms with van der Waals surface area (Å²) in [6.07, 6.45) is 0. The van der Waals surface area contributed by atoms with Gasteiger partial charge >= 0.3 is 0 Å². The van der Waals surface area contributed by atoms with Gasteiger partial charge in [-0.25, -0.2) is 4.39 Å². The Kier molecular flexibility index (Phi) is 5.08. The van der Waals surface area contributed by atoms with Crippen LogP contribution in [0.1, 0.15) is 27.2 Å². The average molecular weight is 370 g/mol. The Morgan fingerprint density at radius 1 is 1.04 bits per heavy atom. The van der Waals surface area contributed by atoms with Crippen LogP contribution in [0.4, 0.5) is 4.39 Å². The van der Waals surface area contributed by atoms with E-state index in [4.69, 9.17) is 9.47 Å². The molecule has 0 aliphatic rings. The number of nitrogens with one attached hydrogen (secondary N) is 1. The number of carbonyl (C=O) groups is 1. The van der Waals surface area contributed by atoms with E-state index < -0.39 is 0 Å². The van der Waals surface area contributed by atoms with Crippen molar-refractivity contribution in [2.45, 2.75) is 20.4 Å². The molecule has 27 heavy (non-hydrogen) atoms. The second-order valence-corrected chi connectivity index (χ2v) is 6.66. The highest BCUT2D eigenvalue weighted by molar-refractivity contribution is 5.98. The number of nitrogens with zero attached hydrogens (tertiary/aromatic N) is 1. The number of rotatable bonds is 5. The summed E-state index contributed by atoms with van der Waals surface area (Å²) in [7, 11) is 4.91. The molecule has 1 aromatic heterocycles. The molecule has 2 aromatic carbocycles. The number of amides is 1. The Bertz CT molecular complexity index is 1010. The molecule has 0 aliphatic heterocycles. The number of hydrogen-bond acceptors (Lipinski definition) is 3. The average Bonchev–Trinajstić information content (AvgIpc) is 3.06. The molecule has 0 bridgehead atoms. The molecule has 0 unspecified atom stereocenters. The third-order valence-electron chi connectivity index (χ3n) is 4.74. The van der Waals surface area contributed by atoms with Crippen molar-refractivity contribution < 1.29 is 18.7 Å². The van der Waals surface area contributed by atoms with Gasteiger partial charge in [-0.3, -0.25) is 4.79 Å². The Morgan fingerprint density at radius 3 is 2.37 bits per heavy atom. The van der Waals surface area contributed by atoms with Crippen LogP contribution in [0.5, 0.6) is 11.5 Å². The van der Waals surface area contributed by atoms with Gasteiger partial charge in [0.2, 0.25) is 0 Å². The molecule has 6 heteroatoms. The predicted molar refractivity (Wildman–Crippen MR) is 103 cm³/mol. The van der Waals surface area contributed by atoms with Crippen molar-refractivity contribution in [2.24, 2.45) is 0 Å². The highest BCUT2D eigenvalue weighted by Gasteiger charge is 2.18. The molecule has 142 valence electrons. The lowest BCUT2D eigenvalue weighted by Gasteiger charge is -2.19. The van der Waals surface area contributed by atoms with Crippen LogP contribution in [0.25, 0.3) is 10.9 Å². The van der Waals surface area contributed by atoms with Crippen LogP contribution in [0.2, 0.25) is 0 Å². The highest BCUT2D eigenvalue weighted by atomic mass is 19.1. The summed E-state index contributed by atoms with van der Waals surface area (Å²) in [4.78, 5) is 17.5. The molecule has 0 spiro atoms. The number of aromatic nitrogens is 1. The number of ether oxygens (including phenoxy) is 2. The van der Waals surface area contributed by atoms with Gasteiger partial charge in [-0.2, -0.15) is 0 Å². The van der Waals surface area contributed by atoms with E-state index in [0.29, 0.717) is 29.3 Å². The van der Waals surface area contributed by atoms with E-state index in [9.17, 15) is 9.18 Å². The third kappa shape index (κ3) is 3.60. The highest BCUT2D eigenvalue weighted by Crippen LogP contribution is 2.31. The molecule has 0 aliphatic carbocycles. The van der Waals surface area contributed by atoms with Gasteiger partial charge in [-0.1, -0.05) is 0 Å². The molecule has 1 amide bonds. The van der Waals surface area contributed by atoms with Gasteiger partial charge in [0.05, 0.1) is 14.2 Å². The van der Waals surface area contributed by atoms with Gasteiger partial charge in [0, 0.05) is 24.5 Å². The van der Waals surface area contributed by atoms with E-state index >= 15 is 0 Å². The van der Waals surface area contributed by atoms with Crippen LogP contribution in [0, 0.1) is 19.7 Å². The van der Waals surface area contributed by atoms with Gasteiger partial charge in [-0.15, -0.1) is 0 Å². The number of fused-ring (bicyclic) bond motifs is 1. The topological polar surface area (TPSA) is 54.6 Å². The third-order valence-corrected chi connectivity index (χ3v) is 4.74. The number of halogens is 1. The first-order valence-electron chi connectivity index (χ1n) is 8.60. The molecule has 3 rings (SSSR count). The van der Waals surface area contributed by atoms with Gasteiger partial charge in [0.25, 0.3) is 5.91 Å². The number of aryl methyl sites for hydroxylation is 2. The van der Waals surface area contributed by atoms with E-state index in [1.54, 1.807) is 32.2 Å². The first-order valence-corrected chi connectivity index (χ1v) is 8.60. The molecule has 0 atom stereocenters. The number of hydrogen-bond donors (Lipinski definition) is 1. The van der Waals surface area contributed by atoms with Crippen molar-refractivity contribution in [3.63, 3.8) is 0 Å². The molecule has 0 saturated heterocycles. The molecule has 0 fully saturated rings. The zero-order valence-corrected chi connectivity index (χ0v) is 16.1. The maximum absolute atomic E-state index is 13.6. The predicted octanol–water partition coefficient (Wildman–Crippen LogP) is 4.21. The smallest absolute Gasteiger partial charge is 0.270 e. The maximum atomic E-state index is 13.6. The van der Waals surface area contributed by atoms with Crippen LogP contribution in [-0.2, 0) is 6.54 Å². The van der Waals surface area contributed by atoms with Crippen LogP contribution >= 0.6 is 0 Å². The fourth-order valence-electron chi connectivity index (χ4n) is 3.22. The minimum Gasteiger partial charge on any atom is -0.493 e.